The van der Waals surface area contributed by atoms with Crippen molar-refractivity contribution in [3.8, 4) is 0 Å². The summed E-state index contributed by atoms with van der Waals surface area (Å²) in [5, 5.41) is 3.22. The van der Waals surface area contributed by atoms with Gasteiger partial charge in [0.1, 0.15) is 5.67 Å². The summed E-state index contributed by atoms with van der Waals surface area (Å²) >= 11 is 0. The molecule has 1 N–H and O–H groups in total. The molecule has 1 aliphatic rings. The van der Waals surface area contributed by atoms with E-state index >= 15 is 0 Å². The van der Waals surface area contributed by atoms with E-state index in [-0.39, 0.29) is 11.4 Å². The second-order valence-corrected chi connectivity index (χ2v) is 6.87. The zero-order chi connectivity index (χ0) is 14.7. The number of halogens is 1. The number of nitrogens with zero attached hydrogens (tertiary/aromatic N) is 2. The minimum absolute atomic E-state index is 0.0725. The van der Waals surface area contributed by atoms with E-state index in [9.17, 15) is 9.18 Å². The second kappa shape index (κ2) is 6.18. The van der Waals surface area contributed by atoms with Gasteiger partial charge in [-0.25, -0.2) is 4.39 Å². The fourth-order valence-electron chi connectivity index (χ4n) is 2.13. The van der Waals surface area contributed by atoms with E-state index in [4.69, 9.17) is 0 Å². The number of amides is 1. The van der Waals surface area contributed by atoms with Crippen LogP contribution in [0.3, 0.4) is 0 Å². The first kappa shape index (κ1) is 16.4. The number of nitrogens with one attached hydrogen (secondary N) is 1. The van der Waals surface area contributed by atoms with Crippen molar-refractivity contribution < 1.29 is 9.18 Å². The summed E-state index contributed by atoms with van der Waals surface area (Å²) in [6, 6.07) is 0. The molecular formula is C14H28FN3O. The monoisotopic (exact) mass is 273 g/mol. The lowest BCUT2D eigenvalue weighted by Crippen LogP contribution is -2.52. The van der Waals surface area contributed by atoms with Crippen LogP contribution in [-0.2, 0) is 4.79 Å². The SMILES string of the molecule is CN(C)CC(=O)N1CCC(F)(CNC(C)(C)C)CC1. The van der Waals surface area contributed by atoms with Crippen molar-refractivity contribution in [3.05, 3.63) is 0 Å². The highest BCUT2D eigenvalue weighted by Gasteiger charge is 2.36. The molecule has 1 amide bonds. The Morgan fingerprint density at radius 1 is 1.32 bits per heavy atom. The van der Waals surface area contributed by atoms with Crippen LogP contribution in [-0.4, -0.2) is 67.2 Å². The number of likely N-dealkylation sites (N-methyl/N-ethyl adjacent to an activating group) is 1. The molecule has 19 heavy (non-hydrogen) atoms. The molecule has 0 aromatic carbocycles. The minimum Gasteiger partial charge on any atom is -0.341 e. The molecule has 0 unspecified atom stereocenters. The summed E-state index contributed by atoms with van der Waals surface area (Å²) in [5.41, 5.74) is -1.25. The highest BCUT2D eigenvalue weighted by atomic mass is 19.1. The van der Waals surface area contributed by atoms with Crippen molar-refractivity contribution in [2.24, 2.45) is 0 Å². The van der Waals surface area contributed by atoms with Gasteiger partial charge in [0, 0.05) is 38.0 Å². The predicted molar refractivity (Wildman–Crippen MR) is 76.0 cm³/mol. The number of carbonyl (C=O) groups is 1. The molecule has 1 rings (SSSR count). The quantitative estimate of drug-likeness (QED) is 0.838. The normalized spacial score (nSPS) is 19.8. The van der Waals surface area contributed by atoms with Crippen LogP contribution in [0.2, 0.25) is 0 Å². The highest BCUT2D eigenvalue weighted by Crippen LogP contribution is 2.26. The van der Waals surface area contributed by atoms with Gasteiger partial charge in [-0.15, -0.1) is 0 Å². The van der Waals surface area contributed by atoms with Gasteiger partial charge in [-0.05, 0) is 34.9 Å². The smallest absolute Gasteiger partial charge is 0.236 e. The lowest BCUT2D eigenvalue weighted by atomic mass is 9.92. The van der Waals surface area contributed by atoms with Crippen LogP contribution in [0.5, 0.6) is 0 Å². The molecule has 0 radical (unpaired) electrons. The maximum Gasteiger partial charge on any atom is 0.236 e. The van der Waals surface area contributed by atoms with Crippen LogP contribution in [0.4, 0.5) is 4.39 Å². The molecule has 0 aromatic heterocycles. The number of alkyl halides is 1. The van der Waals surface area contributed by atoms with Crippen LogP contribution in [0.15, 0.2) is 0 Å². The lowest BCUT2D eigenvalue weighted by molar-refractivity contribution is -0.134. The largest absolute Gasteiger partial charge is 0.341 e. The Morgan fingerprint density at radius 2 is 1.84 bits per heavy atom. The molecule has 0 aliphatic carbocycles. The first-order valence-corrected chi connectivity index (χ1v) is 6.98. The lowest BCUT2D eigenvalue weighted by Gasteiger charge is -2.38. The Balaban J connectivity index is 2.41. The summed E-state index contributed by atoms with van der Waals surface area (Å²) < 4.78 is 14.6. The number of carbonyl (C=O) groups excluding carboxylic acids is 1. The second-order valence-electron chi connectivity index (χ2n) is 6.87. The van der Waals surface area contributed by atoms with Gasteiger partial charge in [0.15, 0.2) is 0 Å². The minimum atomic E-state index is -1.18. The van der Waals surface area contributed by atoms with Gasteiger partial charge in [-0.2, -0.15) is 0 Å². The molecule has 1 saturated heterocycles. The molecule has 0 spiro atoms. The van der Waals surface area contributed by atoms with Crippen molar-refractivity contribution in [2.75, 3.05) is 40.3 Å². The van der Waals surface area contributed by atoms with Gasteiger partial charge in [0.05, 0.1) is 6.54 Å². The van der Waals surface area contributed by atoms with Crippen LogP contribution in [0, 0.1) is 0 Å². The predicted octanol–water partition coefficient (Wildman–Crippen LogP) is 1.27. The molecule has 1 aliphatic heterocycles. The molecule has 1 heterocycles. The Morgan fingerprint density at radius 3 is 2.26 bits per heavy atom. The fourth-order valence-corrected chi connectivity index (χ4v) is 2.13. The van der Waals surface area contributed by atoms with Crippen molar-refractivity contribution >= 4 is 5.91 Å². The van der Waals surface area contributed by atoms with Gasteiger partial charge >= 0.3 is 0 Å². The van der Waals surface area contributed by atoms with Crippen LogP contribution in [0.25, 0.3) is 0 Å². The number of hydrogen-bond donors (Lipinski definition) is 1. The number of rotatable bonds is 4. The van der Waals surface area contributed by atoms with E-state index in [0.717, 1.165) is 0 Å². The zero-order valence-corrected chi connectivity index (χ0v) is 12.9. The van der Waals surface area contributed by atoms with Crippen LogP contribution >= 0.6 is 0 Å². The van der Waals surface area contributed by atoms with Crippen molar-refractivity contribution in [1.82, 2.24) is 15.1 Å². The Labute approximate surface area is 116 Å². The molecule has 0 saturated carbocycles. The third-order valence-electron chi connectivity index (χ3n) is 3.40. The third kappa shape index (κ3) is 5.87. The average molecular weight is 273 g/mol. The number of likely N-dealkylation sites (tertiary alicyclic amines) is 1. The van der Waals surface area contributed by atoms with E-state index in [0.29, 0.717) is 39.0 Å². The van der Waals surface area contributed by atoms with Crippen molar-refractivity contribution in [2.45, 2.75) is 44.8 Å². The maximum absolute atomic E-state index is 14.6. The molecule has 0 atom stereocenters. The Kier molecular flexibility index (Phi) is 5.33. The Hall–Kier alpha value is -0.680. The van der Waals surface area contributed by atoms with E-state index in [2.05, 4.69) is 5.32 Å². The summed E-state index contributed by atoms with van der Waals surface area (Å²) in [6.07, 6.45) is 0.852. The summed E-state index contributed by atoms with van der Waals surface area (Å²) in [6.45, 7) is 7.92. The van der Waals surface area contributed by atoms with Gasteiger partial charge in [0.25, 0.3) is 0 Å². The molecule has 112 valence electrons. The highest BCUT2D eigenvalue weighted by molar-refractivity contribution is 5.78. The van der Waals surface area contributed by atoms with Gasteiger partial charge < -0.3 is 15.1 Å². The van der Waals surface area contributed by atoms with E-state index in [1.54, 1.807) is 4.90 Å². The van der Waals surface area contributed by atoms with Gasteiger partial charge in [-0.3, -0.25) is 4.79 Å². The first-order valence-electron chi connectivity index (χ1n) is 6.98. The number of hydrogen-bond acceptors (Lipinski definition) is 3. The summed E-state index contributed by atoms with van der Waals surface area (Å²) in [7, 11) is 3.74. The molecule has 0 bridgehead atoms. The van der Waals surface area contributed by atoms with E-state index < -0.39 is 5.67 Å². The van der Waals surface area contributed by atoms with Gasteiger partial charge in [-0.1, -0.05) is 0 Å². The number of piperidine rings is 1. The standard InChI is InChI=1S/C14H28FN3O/c1-13(2,3)16-11-14(15)6-8-18(9-7-14)12(19)10-17(4)5/h16H,6-11H2,1-5H3. The molecule has 4 nitrogen and oxygen atoms in total. The summed E-state index contributed by atoms with van der Waals surface area (Å²) in [5.74, 6) is 0.0934. The van der Waals surface area contributed by atoms with Gasteiger partial charge in [0.2, 0.25) is 5.91 Å². The van der Waals surface area contributed by atoms with Crippen LogP contribution < -0.4 is 5.32 Å². The van der Waals surface area contributed by atoms with Crippen LogP contribution in [0.1, 0.15) is 33.6 Å². The van der Waals surface area contributed by atoms with E-state index in [1.807, 2.05) is 39.8 Å². The van der Waals surface area contributed by atoms with Crippen molar-refractivity contribution in [3.63, 3.8) is 0 Å². The average Bonchev–Trinajstić information content (AvgIpc) is 2.26. The summed E-state index contributed by atoms with van der Waals surface area (Å²) in [4.78, 5) is 15.5. The molecular weight excluding hydrogens is 245 g/mol. The first-order chi connectivity index (χ1) is 8.61. The Bertz CT molecular complexity index is 304. The third-order valence-corrected chi connectivity index (χ3v) is 3.40. The zero-order valence-electron chi connectivity index (χ0n) is 12.9. The van der Waals surface area contributed by atoms with Crippen molar-refractivity contribution in [1.29, 1.82) is 0 Å². The maximum atomic E-state index is 14.6. The fraction of sp³-hybridized carbons (Fsp3) is 0.929. The molecule has 5 heteroatoms. The van der Waals surface area contributed by atoms with E-state index in [1.165, 1.54) is 0 Å². The molecule has 1 fully saturated rings. The molecule has 0 aromatic rings. The topological polar surface area (TPSA) is 35.6 Å².